The van der Waals surface area contributed by atoms with Crippen LogP contribution in [0.2, 0.25) is 0 Å². The molecule has 0 aliphatic rings. The third-order valence-electron chi connectivity index (χ3n) is 1.81. The van der Waals surface area contributed by atoms with Crippen molar-refractivity contribution in [2.45, 2.75) is 19.8 Å². The van der Waals surface area contributed by atoms with E-state index < -0.39 is 5.82 Å². The van der Waals surface area contributed by atoms with Gasteiger partial charge in [-0.3, -0.25) is 4.79 Å². The Kier molecular flexibility index (Phi) is 3.63. The van der Waals surface area contributed by atoms with Crippen molar-refractivity contribution in [1.29, 1.82) is 0 Å². The maximum Gasteiger partial charge on any atom is 0.166 e. The Morgan fingerprint density at radius 3 is 2.79 bits per heavy atom. The predicted octanol–water partition coefficient (Wildman–Crippen LogP) is 3.28. The molecule has 14 heavy (non-hydrogen) atoms. The molecule has 0 saturated heterocycles. The number of carbonyl (C=O) groups is 1. The summed E-state index contributed by atoms with van der Waals surface area (Å²) < 4.78 is 13.1. The molecule has 1 aromatic rings. The number of phenols is 1. The first-order valence-electron chi connectivity index (χ1n) is 4.27. The molecule has 0 aromatic heterocycles. The summed E-state index contributed by atoms with van der Waals surface area (Å²) >= 11 is 2.97. The monoisotopic (exact) mass is 260 g/mol. The summed E-state index contributed by atoms with van der Waals surface area (Å²) in [5.41, 5.74) is 0.0405. The zero-order chi connectivity index (χ0) is 10.7. The summed E-state index contributed by atoms with van der Waals surface area (Å²) in [7, 11) is 0. The van der Waals surface area contributed by atoms with Gasteiger partial charge in [0.05, 0.1) is 10.0 Å². The van der Waals surface area contributed by atoms with Gasteiger partial charge in [0.2, 0.25) is 0 Å². The maximum atomic E-state index is 12.9. The lowest BCUT2D eigenvalue weighted by Gasteiger charge is -2.04. The number of aromatic hydroxyl groups is 1. The van der Waals surface area contributed by atoms with Crippen LogP contribution in [0.5, 0.6) is 5.75 Å². The fourth-order valence-electron chi connectivity index (χ4n) is 1.14. The van der Waals surface area contributed by atoms with Gasteiger partial charge in [0.15, 0.2) is 5.78 Å². The second-order valence-electron chi connectivity index (χ2n) is 2.96. The fraction of sp³-hybridized carbons (Fsp3) is 0.300. The van der Waals surface area contributed by atoms with E-state index >= 15 is 0 Å². The Labute approximate surface area is 89.9 Å². The summed E-state index contributed by atoms with van der Waals surface area (Å²) in [5, 5.41) is 9.48. The van der Waals surface area contributed by atoms with E-state index in [1.807, 2.05) is 6.92 Å². The quantitative estimate of drug-likeness (QED) is 0.848. The van der Waals surface area contributed by atoms with Crippen LogP contribution in [0.25, 0.3) is 0 Å². The third kappa shape index (κ3) is 2.32. The van der Waals surface area contributed by atoms with E-state index in [1.165, 1.54) is 0 Å². The van der Waals surface area contributed by atoms with Gasteiger partial charge in [-0.05, 0) is 34.5 Å². The topological polar surface area (TPSA) is 37.3 Å². The van der Waals surface area contributed by atoms with Crippen LogP contribution in [-0.4, -0.2) is 10.9 Å². The molecule has 76 valence electrons. The first kappa shape index (κ1) is 11.2. The Hall–Kier alpha value is -0.900. The lowest BCUT2D eigenvalue weighted by Crippen LogP contribution is -1.99. The molecule has 4 heteroatoms. The zero-order valence-electron chi connectivity index (χ0n) is 7.68. The average molecular weight is 261 g/mol. The second kappa shape index (κ2) is 4.55. The Morgan fingerprint density at radius 2 is 2.21 bits per heavy atom. The Bertz CT molecular complexity index is 363. The molecule has 0 aliphatic heterocycles. The number of benzene rings is 1. The Morgan fingerprint density at radius 1 is 1.57 bits per heavy atom. The molecule has 0 fully saturated rings. The largest absolute Gasteiger partial charge is 0.506 e. The molecule has 0 atom stereocenters. The number of hydrogen-bond donors (Lipinski definition) is 1. The molecule has 0 bridgehead atoms. The number of hydrogen-bond acceptors (Lipinski definition) is 2. The summed E-state index contributed by atoms with van der Waals surface area (Å²) in [6.45, 7) is 1.85. The van der Waals surface area contributed by atoms with E-state index in [4.69, 9.17) is 0 Å². The molecule has 1 rings (SSSR count). The fourth-order valence-corrected chi connectivity index (χ4v) is 1.57. The van der Waals surface area contributed by atoms with Crippen LogP contribution in [0.1, 0.15) is 30.1 Å². The van der Waals surface area contributed by atoms with E-state index in [1.54, 1.807) is 0 Å². The second-order valence-corrected chi connectivity index (χ2v) is 3.81. The van der Waals surface area contributed by atoms with Crippen molar-refractivity contribution in [3.05, 3.63) is 28.0 Å². The van der Waals surface area contributed by atoms with Gasteiger partial charge < -0.3 is 5.11 Å². The van der Waals surface area contributed by atoms with Crippen LogP contribution in [0.15, 0.2) is 16.6 Å². The highest BCUT2D eigenvalue weighted by Gasteiger charge is 2.14. The van der Waals surface area contributed by atoms with Gasteiger partial charge in [0.1, 0.15) is 11.6 Å². The SMILES string of the molecule is CCCC(=O)c1cc(F)cc(Br)c1O. The van der Waals surface area contributed by atoms with Gasteiger partial charge >= 0.3 is 0 Å². The Balaban J connectivity index is 3.13. The molecule has 0 radical (unpaired) electrons. The van der Waals surface area contributed by atoms with Gasteiger partial charge in [-0.15, -0.1) is 0 Å². The van der Waals surface area contributed by atoms with E-state index in [2.05, 4.69) is 15.9 Å². The number of carbonyl (C=O) groups excluding carboxylic acids is 1. The minimum Gasteiger partial charge on any atom is -0.506 e. The van der Waals surface area contributed by atoms with Crippen molar-refractivity contribution in [3.63, 3.8) is 0 Å². The molecule has 0 aliphatic carbocycles. The standard InChI is InChI=1S/C10H10BrFO2/c1-2-3-9(13)7-4-6(12)5-8(11)10(7)14/h4-5,14H,2-3H2,1H3. The molecule has 1 N–H and O–H groups in total. The van der Waals surface area contributed by atoms with Gasteiger partial charge in [-0.25, -0.2) is 4.39 Å². The van der Waals surface area contributed by atoms with Gasteiger partial charge in [-0.2, -0.15) is 0 Å². The molecule has 2 nitrogen and oxygen atoms in total. The number of phenolic OH excluding ortho intramolecular Hbond substituents is 1. The van der Waals surface area contributed by atoms with Crippen molar-refractivity contribution >= 4 is 21.7 Å². The normalized spacial score (nSPS) is 10.2. The highest BCUT2D eigenvalue weighted by Crippen LogP contribution is 2.29. The minimum atomic E-state index is -0.533. The lowest BCUT2D eigenvalue weighted by molar-refractivity contribution is 0.0978. The smallest absolute Gasteiger partial charge is 0.166 e. The van der Waals surface area contributed by atoms with E-state index in [-0.39, 0.29) is 21.6 Å². The van der Waals surface area contributed by atoms with Crippen LogP contribution in [0.3, 0.4) is 0 Å². The summed E-state index contributed by atoms with van der Waals surface area (Å²) in [5.74, 6) is -0.968. The minimum absolute atomic E-state index is 0.0405. The van der Waals surface area contributed by atoms with Crippen LogP contribution < -0.4 is 0 Å². The molecule has 1 aromatic carbocycles. The highest BCUT2D eigenvalue weighted by molar-refractivity contribution is 9.10. The van der Waals surface area contributed by atoms with Crippen molar-refractivity contribution in [2.24, 2.45) is 0 Å². The molecule has 0 amide bonds. The van der Waals surface area contributed by atoms with Crippen LogP contribution in [0, 0.1) is 5.82 Å². The van der Waals surface area contributed by atoms with Crippen LogP contribution in [0.4, 0.5) is 4.39 Å². The summed E-state index contributed by atoms with van der Waals surface area (Å²) in [6, 6.07) is 2.18. The van der Waals surface area contributed by atoms with Crippen LogP contribution >= 0.6 is 15.9 Å². The van der Waals surface area contributed by atoms with Gasteiger partial charge in [0.25, 0.3) is 0 Å². The highest BCUT2D eigenvalue weighted by atomic mass is 79.9. The zero-order valence-corrected chi connectivity index (χ0v) is 9.27. The van der Waals surface area contributed by atoms with Gasteiger partial charge in [0, 0.05) is 6.42 Å². The number of halogens is 2. The molecule has 0 spiro atoms. The molecular formula is C10H10BrFO2. The van der Waals surface area contributed by atoms with Crippen LogP contribution in [-0.2, 0) is 0 Å². The summed E-state index contributed by atoms with van der Waals surface area (Å²) in [6.07, 6.45) is 0.982. The van der Waals surface area contributed by atoms with E-state index in [0.29, 0.717) is 12.8 Å². The summed E-state index contributed by atoms with van der Waals surface area (Å²) in [4.78, 5) is 11.4. The van der Waals surface area contributed by atoms with Gasteiger partial charge in [-0.1, -0.05) is 6.92 Å². The van der Waals surface area contributed by atoms with Crippen molar-refractivity contribution in [3.8, 4) is 5.75 Å². The predicted molar refractivity (Wildman–Crippen MR) is 55.0 cm³/mol. The number of ketones is 1. The average Bonchev–Trinajstić information content (AvgIpc) is 2.11. The van der Waals surface area contributed by atoms with Crippen molar-refractivity contribution in [2.75, 3.05) is 0 Å². The number of Topliss-reactive ketones (excluding diaryl/α,β-unsaturated/α-hetero) is 1. The van der Waals surface area contributed by atoms with Crippen molar-refractivity contribution in [1.82, 2.24) is 0 Å². The molecule has 0 unspecified atom stereocenters. The van der Waals surface area contributed by atoms with Crippen molar-refractivity contribution < 1.29 is 14.3 Å². The number of rotatable bonds is 3. The van der Waals surface area contributed by atoms with E-state index in [9.17, 15) is 14.3 Å². The first-order chi connectivity index (χ1) is 6.56. The lowest BCUT2D eigenvalue weighted by atomic mass is 10.1. The molecule has 0 heterocycles. The first-order valence-corrected chi connectivity index (χ1v) is 5.06. The van der Waals surface area contributed by atoms with E-state index in [0.717, 1.165) is 12.1 Å². The molecular weight excluding hydrogens is 251 g/mol. The molecule has 0 saturated carbocycles. The third-order valence-corrected chi connectivity index (χ3v) is 2.41. The maximum absolute atomic E-state index is 12.9.